The Hall–Kier alpha value is -1.59. The number of nitrogens with two attached hydrogens (primary N) is 1. The number of aliphatic hydroxyl groups excluding tert-OH is 1. The lowest BCUT2D eigenvalue weighted by atomic mass is 10.1. The smallest absolute Gasteiger partial charge is 0.234 e. The van der Waals surface area contributed by atoms with Crippen LogP contribution in [0.25, 0.3) is 0 Å². The van der Waals surface area contributed by atoms with Gasteiger partial charge in [-0.15, -0.1) is 0 Å². The molecule has 1 amide bonds. The van der Waals surface area contributed by atoms with Gasteiger partial charge in [-0.25, -0.2) is 0 Å². The summed E-state index contributed by atoms with van der Waals surface area (Å²) < 4.78 is 0. The molecule has 106 valence electrons. The first-order valence-corrected chi connectivity index (χ1v) is 6.40. The van der Waals surface area contributed by atoms with Crippen molar-refractivity contribution in [2.75, 3.05) is 25.9 Å². The Bertz CT molecular complexity index is 404. The Labute approximate surface area is 114 Å². The Morgan fingerprint density at radius 1 is 1.37 bits per heavy atom. The molecule has 0 aliphatic carbocycles. The molecule has 5 heteroatoms. The SMILES string of the molecule is CC(C)NC(=O)CN(C)CC(O)c1ccc(N)cc1. The molecule has 0 heterocycles. The van der Waals surface area contributed by atoms with Crippen LogP contribution in [0.3, 0.4) is 0 Å². The summed E-state index contributed by atoms with van der Waals surface area (Å²) in [7, 11) is 1.81. The molecule has 1 atom stereocenters. The second-order valence-electron chi connectivity index (χ2n) is 5.10. The highest BCUT2D eigenvalue weighted by molar-refractivity contribution is 5.78. The molecule has 1 aromatic carbocycles. The molecular formula is C14H23N3O2. The lowest BCUT2D eigenvalue weighted by molar-refractivity contribution is -0.122. The largest absolute Gasteiger partial charge is 0.399 e. The standard InChI is InChI=1S/C14H23N3O2/c1-10(2)16-14(19)9-17(3)8-13(18)11-4-6-12(15)7-5-11/h4-7,10,13,18H,8-9,15H2,1-3H3,(H,16,19). The third-order valence-corrected chi connectivity index (χ3v) is 2.67. The van der Waals surface area contributed by atoms with Crippen molar-refractivity contribution in [1.29, 1.82) is 0 Å². The molecule has 1 rings (SSSR count). The molecule has 0 fully saturated rings. The van der Waals surface area contributed by atoms with E-state index in [9.17, 15) is 9.90 Å². The number of anilines is 1. The van der Waals surface area contributed by atoms with Gasteiger partial charge in [0.2, 0.25) is 5.91 Å². The van der Waals surface area contributed by atoms with E-state index in [1.807, 2.05) is 13.8 Å². The molecule has 0 bridgehead atoms. The zero-order chi connectivity index (χ0) is 14.4. The fourth-order valence-corrected chi connectivity index (χ4v) is 1.80. The van der Waals surface area contributed by atoms with Crippen molar-refractivity contribution < 1.29 is 9.90 Å². The van der Waals surface area contributed by atoms with Crippen molar-refractivity contribution in [3.8, 4) is 0 Å². The fraction of sp³-hybridized carbons (Fsp3) is 0.500. The zero-order valence-electron chi connectivity index (χ0n) is 11.8. The second kappa shape index (κ2) is 7.11. The molecule has 1 unspecified atom stereocenters. The van der Waals surface area contributed by atoms with Crippen molar-refractivity contribution >= 4 is 11.6 Å². The van der Waals surface area contributed by atoms with Gasteiger partial charge in [-0.2, -0.15) is 0 Å². The third kappa shape index (κ3) is 5.72. The van der Waals surface area contributed by atoms with Crippen LogP contribution in [0.2, 0.25) is 0 Å². The summed E-state index contributed by atoms with van der Waals surface area (Å²) in [5.41, 5.74) is 7.06. The van der Waals surface area contributed by atoms with Crippen LogP contribution in [0.4, 0.5) is 5.69 Å². The molecule has 4 N–H and O–H groups in total. The Balaban J connectivity index is 2.45. The minimum atomic E-state index is -0.627. The third-order valence-electron chi connectivity index (χ3n) is 2.67. The van der Waals surface area contributed by atoms with Gasteiger partial charge < -0.3 is 16.2 Å². The van der Waals surface area contributed by atoms with E-state index in [2.05, 4.69) is 5.32 Å². The van der Waals surface area contributed by atoms with Gasteiger partial charge in [0.25, 0.3) is 0 Å². The van der Waals surface area contributed by atoms with Crippen molar-refractivity contribution in [2.24, 2.45) is 0 Å². The molecule has 0 radical (unpaired) electrons. The van der Waals surface area contributed by atoms with Crippen LogP contribution in [0.1, 0.15) is 25.5 Å². The number of amides is 1. The summed E-state index contributed by atoms with van der Waals surface area (Å²) in [5.74, 6) is -0.0398. The Morgan fingerprint density at radius 3 is 2.47 bits per heavy atom. The molecule has 0 spiro atoms. The van der Waals surface area contributed by atoms with Crippen LogP contribution in [-0.2, 0) is 4.79 Å². The molecule has 19 heavy (non-hydrogen) atoms. The number of carbonyl (C=O) groups excluding carboxylic acids is 1. The van der Waals surface area contributed by atoms with Crippen LogP contribution in [0.5, 0.6) is 0 Å². The van der Waals surface area contributed by atoms with E-state index in [-0.39, 0.29) is 18.5 Å². The van der Waals surface area contributed by atoms with Gasteiger partial charge in [0.15, 0.2) is 0 Å². The number of carbonyl (C=O) groups is 1. The highest BCUT2D eigenvalue weighted by atomic mass is 16.3. The second-order valence-corrected chi connectivity index (χ2v) is 5.10. The maximum absolute atomic E-state index is 11.6. The number of nitrogen functional groups attached to an aromatic ring is 1. The van der Waals surface area contributed by atoms with Gasteiger partial charge in [0.05, 0.1) is 12.6 Å². The maximum Gasteiger partial charge on any atom is 0.234 e. The van der Waals surface area contributed by atoms with E-state index in [0.29, 0.717) is 12.2 Å². The normalized spacial score (nSPS) is 12.7. The van der Waals surface area contributed by atoms with Gasteiger partial charge in [-0.05, 0) is 38.6 Å². The lowest BCUT2D eigenvalue weighted by Crippen LogP contribution is -2.39. The molecule has 0 aromatic heterocycles. The number of aliphatic hydroxyl groups is 1. The first-order valence-electron chi connectivity index (χ1n) is 6.40. The topological polar surface area (TPSA) is 78.6 Å². The quantitative estimate of drug-likeness (QED) is 0.664. The van der Waals surface area contributed by atoms with E-state index in [4.69, 9.17) is 5.73 Å². The summed E-state index contributed by atoms with van der Waals surface area (Å²) in [6, 6.07) is 7.22. The molecule has 0 saturated heterocycles. The summed E-state index contributed by atoms with van der Waals surface area (Å²) in [6.45, 7) is 4.50. The minimum absolute atomic E-state index is 0.0398. The van der Waals surface area contributed by atoms with Gasteiger partial charge >= 0.3 is 0 Å². The predicted octanol–water partition coefficient (Wildman–Crippen LogP) is 0.759. The number of hydrogen-bond donors (Lipinski definition) is 3. The number of rotatable bonds is 6. The molecule has 5 nitrogen and oxygen atoms in total. The number of hydrogen-bond acceptors (Lipinski definition) is 4. The summed E-state index contributed by atoms with van der Waals surface area (Å²) in [5, 5.41) is 12.9. The van der Waals surface area contributed by atoms with E-state index in [0.717, 1.165) is 5.56 Å². The highest BCUT2D eigenvalue weighted by Gasteiger charge is 2.13. The van der Waals surface area contributed by atoms with Crippen LogP contribution < -0.4 is 11.1 Å². The minimum Gasteiger partial charge on any atom is -0.399 e. The average molecular weight is 265 g/mol. The van der Waals surface area contributed by atoms with E-state index in [1.165, 1.54) is 0 Å². The van der Waals surface area contributed by atoms with Crippen molar-refractivity contribution in [3.05, 3.63) is 29.8 Å². The molecule has 0 aliphatic rings. The van der Waals surface area contributed by atoms with Crippen molar-refractivity contribution in [1.82, 2.24) is 10.2 Å². The number of nitrogens with zero attached hydrogens (tertiary/aromatic N) is 1. The van der Waals surface area contributed by atoms with Crippen LogP contribution >= 0.6 is 0 Å². The number of nitrogens with one attached hydrogen (secondary N) is 1. The van der Waals surface area contributed by atoms with E-state index < -0.39 is 6.10 Å². The van der Waals surface area contributed by atoms with Crippen molar-refractivity contribution in [3.63, 3.8) is 0 Å². The molecular weight excluding hydrogens is 242 g/mol. The van der Waals surface area contributed by atoms with Gasteiger partial charge in [-0.3, -0.25) is 9.69 Å². The van der Waals surface area contributed by atoms with Gasteiger partial charge in [-0.1, -0.05) is 12.1 Å². The molecule has 0 saturated carbocycles. The average Bonchev–Trinajstić information content (AvgIpc) is 2.27. The van der Waals surface area contributed by atoms with Crippen LogP contribution in [0.15, 0.2) is 24.3 Å². The first kappa shape index (κ1) is 15.5. The first-order chi connectivity index (χ1) is 8.88. The number of likely N-dealkylation sites (N-methyl/N-ethyl adjacent to an activating group) is 1. The maximum atomic E-state index is 11.6. The summed E-state index contributed by atoms with van der Waals surface area (Å²) in [4.78, 5) is 13.4. The Kier molecular flexibility index (Phi) is 5.79. The monoisotopic (exact) mass is 265 g/mol. The fourth-order valence-electron chi connectivity index (χ4n) is 1.80. The van der Waals surface area contributed by atoms with Gasteiger partial charge in [0, 0.05) is 18.3 Å². The van der Waals surface area contributed by atoms with Crippen LogP contribution in [-0.4, -0.2) is 42.1 Å². The Morgan fingerprint density at radius 2 is 1.95 bits per heavy atom. The number of benzene rings is 1. The lowest BCUT2D eigenvalue weighted by Gasteiger charge is -2.21. The highest BCUT2D eigenvalue weighted by Crippen LogP contribution is 2.15. The summed E-state index contributed by atoms with van der Waals surface area (Å²) in [6.07, 6.45) is -0.627. The molecule has 1 aromatic rings. The predicted molar refractivity (Wildman–Crippen MR) is 76.6 cm³/mol. The molecule has 0 aliphatic heterocycles. The van der Waals surface area contributed by atoms with Crippen molar-refractivity contribution in [2.45, 2.75) is 26.0 Å². The van der Waals surface area contributed by atoms with Gasteiger partial charge in [0.1, 0.15) is 0 Å². The van der Waals surface area contributed by atoms with Crippen LogP contribution in [0, 0.1) is 0 Å². The zero-order valence-corrected chi connectivity index (χ0v) is 11.8. The van der Waals surface area contributed by atoms with E-state index in [1.54, 1.807) is 36.2 Å². The van der Waals surface area contributed by atoms with E-state index >= 15 is 0 Å². The summed E-state index contributed by atoms with van der Waals surface area (Å²) >= 11 is 0.